The van der Waals surface area contributed by atoms with Gasteiger partial charge in [-0.3, -0.25) is 14.4 Å². The first-order valence-electron chi connectivity index (χ1n) is 7.60. The van der Waals surface area contributed by atoms with Gasteiger partial charge in [0.25, 0.3) is 0 Å². The fraction of sp³-hybridized carbons (Fsp3) is 0.150. The van der Waals surface area contributed by atoms with Gasteiger partial charge in [-0.2, -0.15) is 0 Å². The molecule has 0 saturated carbocycles. The smallest absolute Gasteiger partial charge is 0.174 e. The molecule has 2 aromatic carbocycles. The predicted octanol–water partition coefficient (Wildman–Crippen LogP) is 3.74. The van der Waals surface area contributed by atoms with E-state index in [9.17, 15) is 14.4 Å². The van der Waals surface area contributed by atoms with E-state index >= 15 is 0 Å². The summed E-state index contributed by atoms with van der Waals surface area (Å²) in [4.78, 5) is 36.4. The van der Waals surface area contributed by atoms with E-state index in [-0.39, 0.29) is 30.2 Å². The Bertz CT molecular complexity index is 753. The molecule has 0 spiro atoms. The molecule has 0 radical (unpaired) electrons. The van der Waals surface area contributed by atoms with Crippen LogP contribution in [0, 0.1) is 5.92 Å². The molecular formula is C20H16O3. The quantitative estimate of drug-likeness (QED) is 0.624. The van der Waals surface area contributed by atoms with E-state index in [1.54, 1.807) is 30.3 Å². The van der Waals surface area contributed by atoms with Crippen molar-refractivity contribution >= 4 is 23.4 Å². The van der Waals surface area contributed by atoms with Crippen LogP contribution < -0.4 is 0 Å². The summed E-state index contributed by atoms with van der Waals surface area (Å²) in [6.07, 6.45) is 3.71. The van der Waals surface area contributed by atoms with Gasteiger partial charge in [-0.15, -0.1) is 0 Å². The number of rotatable bonds is 5. The van der Waals surface area contributed by atoms with Crippen molar-refractivity contribution in [2.45, 2.75) is 12.8 Å². The second-order valence-electron chi connectivity index (χ2n) is 5.58. The summed E-state index contributed by atoms with van der Waals surface area (Å²) in [5.41, 5.74) is 1.91. The Kier molecular flexibility index (Phi) is 4.29. The zero-order valence-corrected chi connectivity index (χ0v) is 12.6. The summed E-state index contributed by atoms with van der Waals surface area (Å²) in [6, 6.07) is 16.4. The van der Waals surface area contributed by atoms with Crippen molar-refractivity contribution in [3.63, 3.8) is 0 Å². The molecule has 3 heteroatoms. The summed E-state index contributed by atoms with van der Waals surface area (Å²) in [7, 11) is 0. The third kappa shape index (κ3) is 3.19. The van der Waals surface area contributed by atoms with E-state index in [4.69, 9.17) is 0 Å². The Morgan fingerprint density at radius 3 is 2.04 bits per heavy atom. The highest BCUT2D eigenvalue weighted by molar-refractivity contribution is 6.26. The van der Waals surface area contributed by atoms with Crippen LogP contribution in [0.4, 0.5) is 0 Å². The topological polar surface area (TPSA) is 51.2 Å². The van der Waals surface area contributed by atoms with E-state index in [2.05, 4.69) is 0 Å². The van der Waals surface area contributed by atoms with Crippen LogP contribution in [0.1, 0.15) is 39.1 Å². The number of allylic oxidation sites excluding steroid dienone is 1. The SMILES string of the molecule is O=C(/C=C\c1ccccc1)CCC1C(=O)c2ccccc2C1=O. The van der Waals surface area contributed by atoms with E-state index < -0.39 is 5.92 Å². The lowest BCUT2D eigenvalue weighted by Crippen LogP contribution is -2.16. The third-order valence-corrected chi connectivity index (χ3v) is 4.03. The molecule has 0 aliphatic heterocycles. The molecule has 3 nitrogen and oxygen atoms in total. The van der Waals surface area contributed by atoms with Crippen molar-refractivity contribution in [2.75, 3.05) is 0 Å². The minimum absolute atomic E-state index is 0.0783. The minimum Gasteiger partial charge on any atom is -0.295 e. The van der Waals surface area contributed by atoms with Crippen LogP contribution in [0.2, 0.25) is 0 Å². The van der Waals surface area contributed by atoms with Crippen LogP contribution in [-0.4, -0.2) is 17.3 Å². The molecular weight excluding hydrogens is 288 g/mol. The standard InChI is InChI=1S/C20H16O3/c21-15(11-10-14-6-2-1-3-7-14)12-13-18-19(22)16-8-4-5-9-17(16)20(18)23/h1-11,18H,12-13H2/b11-10-. The Morgan fingerprint density at radius 1 is 0.870 bits per heavy atom. The number of hydrogen-bond acceptors (Lipinski definition) is 3. The number of Topliss-reactive ketones (excluding diaryl/α,β-unsaturated/α-hetero) is 2. The van der Waals surface area contributed by atoms with Gasteiger partial charge >= 0.3 is 0 Å². The number of benzene rings is 2. The zero-order chi connectivity index (χ0) is 16.2. The van der Waals surface area contributed by atoms with Crippen LogP contribution in [-0.2, 0) is 4.79 Å². The van der Waals surface area contributed by atoms with Gasteiger partial charge < -0.3 is 0 Å². The predicted molar refractivity (Wildman–Crippen MR) is 88.3 cm³/mol. The van der Waals surface area contributed by atoms with Gasteiger partial charge in [0, 0.05) is 17.5 Å². The Balaban J connectivity index is 1.61. The molecule has 114 valence electrons. The molecule has 0 bridgehead atoms. The first kappa shape index (κ1) is 15.1. The number of hydrogen-bond donors (Lipinski definition) is 0. The summed E-state index contributed by atoms with van der Waals surface area (Å²) in [6.45, 7) is 0. The van der Waals surface area contributed by atoms with Crippen molar-refractivity contribution in [1.82, 2.24) is 0 Å². The maximum absolute atomic E-state index is 12.2. The fourth-order valence-corrected chi connectivity index (χ4v) is 2.79. The second-order valence-corrected chi connectivity index (χ2v) is 5.58. The van der Waals surface area contributed by atoms with Gasteiger partial charge in [0.05, 0.1) is 5.92 Å². The molecule has 0 aromatic heterocycles. The third-order valence-electron chi connectivity index (χ3n) is 4.03. The molecule has 1 aliphatic rings. The number of ketones is 3. The zero-order valence-electron chi connectivity index (χ0n) is 12.6. The summed E-state index contributed by atoms with van der Waals surface area (Å²) in [5.74, 6) is -1.11. The van der Waals surface area contributed by atoms with Crippen LogP contribution >= 0.6 is 0 Å². The molecule has 0 fully saturated rings. The first-order chi connectivity index (χ1) is 11.2. The van der Waals surface area contributed by atoms with Gasteiger partial charge in [0.2, 0.25) is 0 Å². The molecule has 2 aromatic rings. The van der Waals surface area contributed by atoms with Crippen LogP contribution in [0.25, 0.3) is 6.08 Å². The Morgan fingerprint density at radius 2 is 1.43 bits per heavy atom. The van der Waals surface area contributed by atoms with Crippen molar-refractivity contribution in [2.24, 2.45) is 5.92 Å². The maximum Gasteiger partial charge on any atom is 0.174 e. The lowest BCUT2D eigenvalue weighted by Gasteiger charge is -2.04. The Labute approximate surface area is 134 Å². The molecule has 0 atom stereocenters. The van der Waals surface area contributed by atoms with Crippen molar-refractivity contribution in [3.05, 3.63) is 77.4 Å². The molecule has 0 heterocycles. The highest BCUT2D eigenvalue weighted by Gasteiger charge is 2.37. The van der Waals surface area contributed by atoms with Gasteiger partial charge in [0.15, 0.2) is 17.3 Å². The van der Waals surface area contributed by atoms with Crippen LogP contribution in [0.5, 0.6) is 0 Å². The molecule has 0 N–H and O–H groups in total. The van der Waals surface area contributed by atoms with Crippen molar-refractivity contribution in [1.29, 1.82) is 0 Å². The highest BCUT2D eigenvalue weighted by Crippen LogP contribution is 2.29. The summed E-state index contributed by atoms with van der Waals surface area (Å²) in [5, 5.41) is 0. The minimum atomic E-state index is -0.707. The Hall–Kier alpha value is -2.81. The van der Waals surface area contributed by atoms with Gasteiger partial charge in [-0.1, -0.05) is 60.7 Å². The van der Waals surface area contributed by atoms with E-state index in [0.717, 1.165) is 5.56 Å². The molecule has 1 aliphatic carbocycles. The van der Waals surface area contributed by atoms with Gasteiger partial charge in [-0.05, 0) is 18.1 Å². The number of carbonyl (C=O) groups excluding carboxylic acids is 3. The maximum atomic E-state index is 12.2. The lowest BCUT2D eigenvalue weighted by atomic mass is 9.96. The van der Waals surface area contributed by atoms with E-state index in [0.29, 0.717) is 11.1 Å². The molecule has 0 amide bonds. The molecule has 0 saturated heterocycles. The van der Waals surface area contributed by atoms with Crippen LogP contribution in [0.3, 0.4) is 0 Å². The lowest BCUT2D eigenvalue weighted by molar-refractivity contribution is -0.114. The molecule has 3 rings (SSSR count). The van der Waals surface area contributed by atoms with E-state index in [1.807, 2.05) is 30.3 Å². The van der Waals surface area contributed by atoms with Crippen molar-refractivity contribution in [3.8, 4) is 0 Å². The van der Waals surface area contributed by atoms with Crippen molar-refractivity contribution < 1.29 is 14.4 Å². The van der Waals surface area contributed by atoms with E-state index in [1.165, 1.54) is 6.08 Å². The first-order valence-corrected chi connectivity index (χ1v) is 7.60. The summed E-state index contributed by atoms with van der Waals surface area (Å²) < 4.78 is 0. The highest BCUT2D eigenvalue weighted by atomic mass is 16.2. The average Bonchev–Trinajstić information content (AvgIpc) is 2.83. The largest absolute Gasteiger partial charge is 0.295 e. The number of carbonyl (C=O) groups is 3. The second kappa shape index (κ2) is 6.53. The normalized spacial score (nSPS) is 14.4. The number of fused-ring (bicyclic) bond motifs is 1. The summed E-state index contributed by atoms with van der Waals surface area (Å²) >= 11 is 0. The van der Waals surface area contributed by atoms with Gasteiger partial charge in [-0.25, -0.2) is 0 Å². The molecule has 23 heavy (non-hydrogen) atoms. The molecule has 0 unspecified atom stereocenters. The fourth-order valence-electron chi connectivity index (χ4n) is 2.79. The van der Waals surface area contributed by atoms with Crippen LogP contribution in [0.15, 0.2) is 60.7 Å². The average molecular weight is 304 g/mol. The monoisotopic (exact) mass is 304 g/mol. The van der Waals surface area contributed by atoms with Gasteiger partial charge in [0.1, 0.15) is 0 Å².